The standard InChI is InChI=1S/C21H31N5O8/c22-8-2-1-3-15(21(33)34)25-17(28)11-24-20(32)16(9-12-4-6-13(27)7-5-12)26-19(31)14(23)10-18(29)30/h4-7,14-16,27H,1-3,8-11,22-23H2,(H,24,32)(H,25,28)(H,26,31)(H,29,30)(H,33,34). The number of rotatable bonds is 15. The van der Waals surface area contributed by atoms with E-state index in [0.29, 0.717) is 24.9 Å². The van der Waals surface area contributed by atoms with E-state index >= 15 is 0 Å². The predicted molar refractivity (Wildman–Crippen MR) is 119 cm³/mol. The first-order chi connectivity index (χ1) is 16.0. The highest BCUT2D eigenvalue weighted by atomic mass is 16.4. The molecule has 0 radical (unpaired) electrons. The van der Waals surface area contributed by atoms with E-state index in [1.165, 1.54) is 24.3 Å². The topological polar surface area (TPSA) is 234 Å². The summed E-state index contributed by atoms with van der Waals surface area (Å²) in [6.07, 6.45) is 0.572. The van der Waals surface area contributed by atoms with Crippen molar-refractivity contribution < 1.29 is 39.3 Å². The van der Waals surface area contributed by atoms with Gasteiger partial charge in [0, 0.05) is 6.42 Å². The lowest BCUT2D eigenvalue weighted by Crippen LogP contribution is -2.54. The van der Waals surface area contributed by atoms with Crippen LogP contribution in [0.4, 0.5) is 0 Å². The number of carboxylic acids is 2. The molecule has 188 valence electrons. The zero-order chi connectivity index (χ0) is 25.7. The molecule has 13 nitrogen and oxygen atoms in total. The Hall–Kier alpha value is -3.71. The normalized spacial score (nSPS) is 13.2. The molecular weight excluding hydrogens is 450 g/mol. The molecule has 10 N–H and O–H groups in total. The van der Waals surface area contributed by atoms with E-state index < -0.39 is 60.8 Å². The molecule has 3 atom stereocenters. The fraction of sp³-hybridized carbons (Fsp3) is 0.476. The van der Waals surface area contributed by atoms with Gasteiger partial charge in [0.15, 0.2) is 0 Å². The highest BCUT2D eigenvalue weighted by Gasteiger charge is 2.26. The summed E-state index contributed by atoms with van der Waals surface area (Å²) in [5, 5.41) is 34.5. The summed E-state index contributed by atoms with van der Waals surface area (Å²) in [5.41, 5.74) is 11.5. The molecule has 13 heteroatoms. The van der Waals surface area contributed by atoms with Crippen LogP contribution in [0.5, 0.6) is 5.75 Å². The van der Waals surface area contributed by atoms with Crippen molar-refractivity contribution in [1.82, 2.24) is 16.0 Å². The van der Waals surface area contributed by atoms with Crippen LogP contribution in [-0.2, 0) is 30.4 Å². The van der Waals surface area contributed by atoms with Crippen molar-refractivity contribution in [2.45, 2.75) is 50.2 Å². The summed E-state index contributed by atoms with van der Waals surface area (Å²) in [6, 6.07) is 2.04. The minimum atomic E-state index is -1.40. The summed E-state index contributed by atoms with van der Waals surface area (Å²) < 4.78 is 0. The second kappa shape index (κ2) is 14.4. The average Bonchev–Trinajstić information content (AvgIpc) is 2.77. The number of nitrogens with one attached hydrogen (secondary N) is 3. The number of benzene rings is 1. The van der Waals surface area contributed by atoms with Crippen LogP contribution in [0.3, 0.4) is 0 Å². The minimum Gasteiger partial charge on any atom is -0.508 e. The van der Waals surface area contributed by atoms with E-state index in [1.54, 1.807) is 0 Å². The number of nitrogens with two attached hydrogens (primary N) is 2. The van der Waals surface area contributed by atoms with Crippen LogP contribution in [0.1, 0.15) is 31.2 Å². The number of unbranched alkanes of at least 4 members (excludes halogenated alkanes) is 1. The average molecular weight is 482 g/mol. The maximum Gasteiger partial charge on any atom is 0.326 e. The molecule has 1 rings (SSSR count). The number of phenolic OH excluding ortho intramolecular Hbond substituents is 1. The van der Waals surface area contributed by atoms with Gasteiger partial charge in [-0.05, 0) is 43.5 Å². The van der Waals surface area contributed by atoms with Gasteiger partial charge in [-0.1, -0.05) is 12.1 Å². The molecule has 0 aliphatic rings. The van der Waals surface area contributed by atoms with Crippen LogP contribution in [0.15, 0.2) is 24.3 Å². The number of hydrogen-bond donors (Lipinski definition) is 8. The Balaban J connectivity index is 2.80. The number of hydrogen-bond acceptors (Lipinski definition) is 8. The molecule has 0 aliphatic heterocycles. The lowest BCUT2D eigenvalue weighted by atomic mass is 10.0. The van der Waals surface area contributed by atoms with Crippen LogP contribution in [0, 0.1) is 0 Å². The Morgan fingerprint density at radius 3 is 2.12 bits per heavy atom. The Morgan fingerprint density at radius 2 is 1.56 bits per heavy atom. The van der Waals surface area contributed by atoms with Gasteiger partial charge in [0.05, 0.1) is 19.0 Å². The molecule has 0 bridgehead atoms. The Labute approximate surface area is 195 Å². The van der Waals surface area contributed by atoms with E-state index in [4.69, 9.17) is 16.6 Å². The maximum absolute atomic E-state index is 12.7. The summed E-state index contributed by atoms with van der Waals surface area (Å²) in [7, 11) is 0. The van der Waals surface area contributed by atoms with Gasteiger partial charge >= 0.3 is 11.9 Å². The molecule has 0 aromatic heterocycles. The summed E-state index contributed by atoms with van der Waals surface area (Å²) in [6.45, 7) is -0.163. The molecule has 0 spiro atoms. The number of aliphatic carboxylic acids is 2. The molecule has 0 aliphatic carbocycles. The van der Waals surface area contributed by atoms with Crippen molar-refractivity contribution in [3.05, 3.63) is 29.8 Å². The highest BCUT2D eigenvalue weighted by Crippen LogP contribution is 2.11. The monoisotopic (exact) mass is 481 g/mol. The third-order valence-electron chi connectivity index (χ3n) is 4.74. The van der Waals surface area contributed by atoms with Crippen LogP contribution in [0.25, 0.3) is 0 Å². The molecule has 0 saturated carbocycles. The third kappa shape index (κ3) is 10.7. The van der Waals surface area contributed by atoms with Crippen LogP contribution in [0.2, 0.25) is 0 Å². The van der Waals surface area contributed by atoms with Crippen LogP contribution < -0.4 is 27.4 Å². The highest BCUT2D eigenvalue weighted by molar-refractivity contribution is 5.93. The smallest absolute Gasteiger partial charge is 0.326 e. The van der Waals surface area contributed by atoms with E-state index in [-0.39, 0.29) is 18.6 Å². The quantitative estimate of drug-likeness (QED) is 0.129. The van der Waals surface area contributed by atoms with Gasteiger partial charge in [0.25, 0.3) is 0 Å². The minimum absolute atomic E-state index is 0.00612. The number of carbonyl (C=O) groups is 5. The lowest BCUT2D eigenvalue weighted by molar-refractivity contribution is -0.142. The van der Waals surface area contributed by atoms with Crippen molar-refractivity contribution in [2.75, 3.05) is 13.1 Å². The van der Waals surface area contributed by atoms with Gasteiger partial charge in [-0.3, -0.25) is 19.2 Å². The van der Waals surface area contributed by atoms with Gasteiger partial charge in [0.2, 0.25) is 17.7 Å². The first-order valence-corrected chi connectivity index (χ1v) is 10.6. The molecule has 34 heavy (non-hydrogen) atoms. The second-order valence-corrected chi connectivity index (χ2v) is 7.60. The summed E-state index contributed by atoms with van der Waals surface area (Å²) >= 11 is 0. The third-order valence-corrected chi connectivity index (χ3v) is 4.74. The SMILES string of the molecule is NCCCCC(NC(=O)CNC(=O)C(Cc1ccc(O)cc1)NC(=O)C(N)CC(=O)O)C(=O)O. The fourth-order valence-corrected chi connectivity index (χ4v) is 2.92. The number of carboxylic acid groups (broad SMARTS) is 2. The van der Waals surface area contributed by atoms with E-state index in [1.807, 2.05) is 0 Å². The van der Waals surface area contributed by atoms with Crippen LogP contribution in [-0.4, -0.2) is 76.2 Å². The Kier molecular flexibility index (Phi) is 12.0. The molecular formula is C21H31N5O8. The largest absolute Gasteiger partial charge is 0.508 e. The van der Waals surface area contributed by atoms with Gasteiger partial charge in [-0.2, -0.15) is 0 Å². The molecule has 0 fully saturated rings. The van der Waals surface area contributed by atoms with Gasteiger partial charge in [-0.25, -0.2) is 4.79 Å². The van der Waals surface area contributed by atoms with Crippen molar-refractivity contribution in [3.8, 4) is 5.75 Å². The zero-order valence-corrected chi connectivity index (χ0v) is 18.5. The maximum atomic E-state index is 12.7. The van der Waals surface area contributed by atoms with Gasteiger partial charge < -0.3 is 42.7 Å². The second-order valence-electron chi connectivity index (χ2n) is 7.60. The predicted octanol–water partition coefficient (Wildman–Crippen LogP) is -1.96. The molecule has 0 saturated heterocycles. The molecule has 1 aromatic rings. The zero-order valence-electron chi connectivity index (χ0n) is 18.5. The van der Waals surface area contributed by atoms with Crippen LogP contribution >= 0.6 is 0 Å². The first-order valence-electron chi connectivity index (χ1n) is 10.6. The number of aromatic hydroxyl groups is 1. The van der Waals surface area contributed by atoms with E-state index in [9.17, 15) is 34.2 Å². The molecule has 1 aromatic carbocycles. The van der Waals surface area contributed by atoms with Crippen molar-refractivity contribution in [1.29, 1.82) is 0 Å². The lowest BCUT2D eigenvalue weighted by Gasteiger charge is -2.21. The summed E-state index contributed by atoms with van der Waals surface area (Å²) in [5.74, 6) is -4.91. The number of phenols is 1. The van der Waals surface area contributed by atoms with Gasteiger partial charge in [-0.15, -0.1) is 0 Å². The molecule has 3 unspecified atom stereocenters. The van der Waals surface area contributed by atoms with Crippen molar-refractivity contribution >= 4 is 29.7 Å². The van der Waals surface area contributed by atoms with E-state index in [2.05, 4.69) is 16.0 Å². The molecule has 3 amide bonds. The fourth-order valence-electron chi connectivity index (χ4n) is 2.92. The molecule has 0 heterocycles. The van der Waals surface area contributed by atoms with E-state index in [0.717, 1.165) is 0 Å². The van der Waals surface area contributed by atoms with Crippen molar-refractivity contribution in [2.24, 2.45) is 11.5 Å². The van der Waals surface area contributed by atoms with Crippen molar-refractivity contribution in [3.63, 3.8) is 0 Å². The first kappa shape index (κ1) is 28.3. The number of amides is 3. The van der Waals surface area contributed by atoms with Gasteiger partial charge in [0.1, 0.15) is 17.8 Å². The summed E-state index contributed by atoms with van der Waals surface area (Å²) in [4.78, 5) is 59.2. The Morgan fingerprint density at radius 1 is 0.912 bits per heavy atom. The number of carbonyl (C=O) groups excluding carboxylic acids is 3. The Bertz CT molecular complexity index is 861.